The van der Waals surface area contributed by atoms with E-state index in [1.807, 2.05) is 42.2 Å². The van der Waals surface area contributed by atoms with Gasteiger partial charge in [-0.2, -0.15) is 0 Å². The third-order valence-electron chi connectivity index (χ3n) is 3.79. The summed E-state index contributed by atoms with van der Waals surface area (Å²) in [6.07, 6.45) is 3.92. The molecule has 4 heteroatoms. The van der Waals surface area contributed by atoms with Crippen LogP contribution < -0.4 is 5.73 Å². The number of nitrogens with zero attached hydrogens (tertiary/aromatic N) is 2. The summed E-state index contributed by atoms with van der Waals surface area (Å²) in [6, 6.07) is 11.6. The lowest BCUT2D eigenvalue weighted by molar-refractivity contribution is 0.0727. The summed E-state index contributed by atoms with van der Waals surface area (Å²) in [7, 11) is 0. The van der Waals surface area contributed by atoms with Crippen LogP contribution in [0.3, 0.4) is 0 Å². The molecule has 0 spiro atoms. The number of carbonyl (C=O) groups is 1. The van der Waals surface area contributed by atoms with Crippen LogP contribution in [-0.2, 0) is 6.54 Å². The number of nitrogens with two attached hydrogens (primary N) is 1. The van der Waals surface area contributed by atoms with Gasteiger partial charge in [-0.25, -0.2) is 0 Å². The number of benzene rings is 1. The lowest BCUT2D eigenvalue weighted by Crippen LogP contribution is -2.33. The molecule has 0 aliphatic heterocycles. The Morgan fingerprint density at radius 3 is 2.76 bits per heavy atom. The highest BCUT2D eigenvalue weighted by atomic mass is 16.2. The number of hydrogen-bond donors (Lipinski definition) is 1. The maximum absolute atomic E-state index is 12.8. The maximum atomic E-state index is 12.8. The van der Waals surface area contributed by atoms with Crippen molar-refractivity contribution in [2.45, 2.75) is 32.4 Å². The number of carbonyl (C=O) groups excluding carboxylic acids is 1. The molecule has 1 aromatic carbocycles. The Morgan fingerprint density at radius 1 is 1.33 bits per heavy atom. The average molecular weight is 281 g/mol. The van der Waals surface area contributed by atoms with Gasteiger partial charge in [0.2, 0.25) is 0 Å². The van der Waals surface area contributed by atoms with Crippen LogP contribution in [-0.4, -0.2) is 21.8 Å². The molecule has 1 fully saturated rings. The first-order valence-electron chi connectivity index (χ1n) is 7.22. The Balaban J connectivity index is 1.85. The number of aryl methyl sites for hydroxylation is 1. The minimum atomic E-state index is 0.0700. The van der Waals surface area contributed by atoms with Gasteiger partial charge >= 0.3 is 0 Å². The van der Waals surface area contributed by atoms with Gasteiger partial charge in [0.1, 0.15) is 0 Å². The van der Waals surface area contributed by atoms with Crippen molar-refractivity contribution in [2.24, 2.45) is 0 Å². The van der Waals surface area contributed by atoms with Gasteiger partial charge < -0.3 is 10.6 Å². The molecule has 0 atom stereocenters. The third-order valence-corrected chi connectivity index (χ3v) is 3.79. The zero-order valence-corrected chi connectivity index (χ0v) is 12.1. The van der Waals surface area contributed by atoms with E-state index in [4.69, 9.17) is 5.73 Å². The van der Waals surface area contributed by atoms with E-state index < -0.39 is 0 Å². The number of nitrogen functional groups attached to an aromatic ring is 1. The minimum absolute atomic E-state index is 0.0700. The molecule has 0 saturated heterocycles. The van der Waals surface area contributed by atoms with Crippen molar-refractivity contribution >= 4 is 11.6 Å². The van der Waals surface area contributed by atoms with Crippen LogP contribution in [0.2, 0.25) is 0 Å². The molecular weight excluding hydrogens is 262 g/mol. The average Bonchev–Trinajstić information content (AvgIpc) is 3.30. The molecule has 1 aliphatic rings. The molecule has 4 nitrogen and oxygen atoms in total. The van der Waals surface area contributed by atoms with Crippen LogP contribution in [0.4, 0.5) is 5.69 Å². The highest BCUT2D eigenvalue weighted by molar-refractivity contribution is 5.96. The first-order chi connectivity index (χ1) is 10.1. The van der Waals surface area contributed by atoms with Crippen LogP contribution in [0.1, 0.15) is 34.5 Å². The molecule has 108 valence electrons. The summed E-state index contributed by atoms with van der Waals surface area (Å²) >= 11 is 0. The van der Waals surface area contributed by atoms with Gasteiger partial charge in [0, 0.05) is 23.5 Å². The largest absolute Gasteiger partial charge is 0.399 e. The van der Waals surface area contributed by atoms with Crippen LogP contribution in [0, 0.1) is 6.92 Å². The maximum Gasteiger partial charge on any atom is 0.254 e. The zero-order chi connectivity index (χ0) is 14.8. The zero-order valence-electron chi connectivity index (χ0n) is 12.1. The molecule has 2 N–H and O–H groups in total. The summed E-state index contributed by atoms with van der Waals surface area (Å²) in [5, 5.41) is 0. The van der Waals surface area contributed by atoms with Crippen LogP contribution >= 0.6 is 0 Å². The van der Waals surface area contributed by atoms with Crippen molar-refractivity contribution in [1.82, 2.24) is 9.88 Å². The highest BCUT2D eigenvalue weighted by Crippen LogP contribution is 2.30. The number of amides is 1. The lowest BCUT2D eigenvalue weighted by atomic mass is 10.1. The van der Waals surface area contributed by atoms with E-state index in [-0.39, 0.29) is 5.91 Å². The SMILES string of the molecule is Cc1cc(N)ccc1C(=O)N(Cc1ccccn1)C1CC1. The Labute approximate surface area is 124 Å². The quantitative estimate of drug-likeness (QED) is 0.877. The first kappa shape index (κ1) is 13.6. The number of aromatic nitrogens is 1. The van der Waals surface area contributed by atoms with Crippen LogP contribution in [0.15, 0.2) is 42.6 Å². The fourth-order valence-electron chi connectivity index (χ4n) is 2.50. The molecular formula is C17H19N3O. The van der Waals surface area contributed by atoms with Crippen molar-refractivity contribution in [2.75, 3.05) is 5.73 Å². The lowest BCUT2D eigenvalue weighted by Gasteiger charge is -2.23. The van der Waals surface area contributed by atoms with Gasteiger partial charge in [-0.05, 0) is 55.7 Å². The summed E-state index contributed by atoms with van der Waals surface area (Å²) in [5.74, 6) is 0.0700. The molecule has 21 heavy (non-hydrogen) atoms. The van der Waals surface area contributed by atoms with Gasteiger partial charge in [0.15, 0.2) is 0 Å². The first-order valence-corrected chi connectivity index (χ1v) is 7.22. The van der Waals surface area contributed by atoms with Gasteiger partial charge in [-0.3, -0.25) is 9.78 Å². The molecule has 1 saturated carbocycles. The Morgan fingerprint density at radius 2 is 2.14 bits per heavy atom. The molecule has 1 aliphatic carbocycles. The molecule has 0 unspecified atom stereocenters. The molecule has 1 heterocycles. The Hall–Kier alpha value is -2.36. The van der Waals surface area contributed by atoms with E-state index in [0.717, 1.165) is 29.7 Å². The summed E-state index contributed by atoms with van der Waals surface area (Å²) < 4.78 is 0. The predicted octanol–water partition coefficient (Wildman–Crippen LogP) is 2.78. The van der Waals surface area contributed by atoms with Crippen molar-refractivity contribution in [1.29, 1.82) is 0 Å². The van der Waals surface area contributed by atoms with Crippen LogP contribution in [0.25, 0.3) is 0 Å². The number of rotatable bonds is 4. The molecule has 2 aromatic rings. The highest BCUT2D eigenvalue weighted by Gasteiger charge is 2.33. The monoisotopic (exact) mass is 281 g/mol. The van der Waals surface area contributed by atoms with Crippen molar-refractivity contribution in [3.8, 4) is 0 Å². The van der Waals surface area contributed by atoms with Crippen molar-refractivity contribution in [3.05, 3.63) is 59.4 Å². The normalized spacial score (nSPS) is 14.0. The van der Waals surface area contributed by atoms with E-state index in [0.29, 0.717) is 18.3 Å². The van der Waals surface area contributed by atoms with E-state index in [1.54, 1.807) is 12.3 Å². The molecule has 1 aromatic heterocycles. The molecule has 1 amide bonds. The van der Waals surface area contributed by atoms with Gasteiger partial charge in [-0.1, -0.05) is 6.07 Å². The fourth-order valence-corrected chi connectivity index (χ4v) is 2.50. The van der Waals surface area contributed by atoms with Crippen molar-refractivity contribution in [3.63, 3.8) is 0 Å². The smallest absolute Gasteiger partial charge is 0.254 e. The summed E-state index contributed by atoms with van der Waals surface area (Å²) in [5.41, 5.74) is 9.03. The summed E-state index contributed by atoms with van der Waals surface area (Å²) in [6.45, 7) is 2.49. The number of pyridine rings is 1. The Bertz CT molecular complexity index is 650. The summed E-state index contributed by atoms with van der Waals surface area (Å²) in [4.78, 5) is 19.1. The minimum Gasteiger partial charge on any atom is -0.399 e. The predicted molar refractivity (Wildman–Crippen MR) is 82.7 cm³/mol. The van der Waals surface area contributed by atoms with Crippen molar-refractivity contribution < 1.29 is 4.79 Å². The van der Waals surface area contributed by atoms with Gasteiger partial charge in [0.25, 0.3) is 5.91 Å². The second-order valence-electron chi connectivity index (χ2n) is 5.56. The third kappa shape index (κ3) is 3.05. The fraction of sp³-hybridized carbons (Fsp3) is 0.294. The van der Waals surface area contributed by atoms with Gasteiger partial charge in [-0.15, -0.1) is 0 Å². The Kier molecular flexibility index (Phi) is 3.60. The number of hydrogen-bond acceptors (Lipinski definition) is 3. The van der Waals surface area contributed by atoms with Gasteiger partial charge in [0.05, 0.1) is 12.2 Å². The van der Waals surface area contributed by atoms with E-state index in [1.165, 1.54) is 0 Å². The number of anilines is 1. The van der Waals surface area contributed by atoms with Crippen LogP contribution in [0.5, 0.6) is 0 Å². The van der Waals surface area contributed by atoms with E-state index in [2.05, 4.69) is 4.98 Å². The topological polar surface area (TPSA) is 59.2 Å². The molecule has 3 rings (SSSR count). The van der Waals surface area contributed by atoms with E-state index in [9.17, 15) is 4.79 Å². The standard InChI is InChI=1S/C17H19N3O/c1-12-10-13(18)5-8-16(12)17(21)20(15-6-7-15)11-14-4-2-3-9-19-14/h2-5,8-10,15H,6-7,11,18H2,1H3. The van der Waals surface area contributed by atoms with E-state index >= 15 is 0 Å². The second kappa shape index (κ2) is 5.56. The molecule has 0 radical (unpaired) electrons. The molecule has 0 bridgehead atoms. The second-order valence-corrected chi connectivity index (χ2v) is 5.56.